The van der Waals surface area contributed by atoms with Crippen molar-refractivity contribution in [1.29, 1.82) is 0 Å². The monoisotopic (exact) mass is 659 g/mol. The molecule has 0 unspecified atom stereocenters. The summed E-state index contributed by atoms with van der Waals surface area (Å²) >= 11 is 0. The number of fused-ring (bicyclic) bond motifs is 7. The van der Waals surface area contributed by atoms with Crippen LogP contribution in [0.5, 0.6) is 0 Å². The summed E-state index contributed by atoms with van der Waals surface area (Å²) < 4.78 is 2.40. The molecule has 1 heterocycles. The minimum absolute atomic E-state index is 1.18. The van der Waals surface area contributed by atoms with E-state index in [1.807, 2.05) is 0 Å². The van der Waals surface area contributed by atoms with Crippen LogP contribution in [0.3, 0.4) is 0 Å². The van der Waals surface area contributed by atoms with Gasteiger partial charge in [0.25, 0.3) is 0 Å². The Morgan fingerprint density at radius 3 is 1.54 bits per heavy atom. The van der Waals surface area contributed by atoms with E-state index in [0.717, 1.165) is 0 Å². The number of nitrogens with zero attached hydrogens (tertiary/aromatic N) is 1. The number of hydrogen-bond donors (Lipinski definition) is 0. The van der Waals surface area contributed by atoms with Crippen molar-refractivity contribution in [3.8, 4) is 61.3 Å². The van der Waals surface area contributed by atoms with Crippen LogP contribution in [-0.2, 0) is 0 Å². The van der Waals surface area contributed by atoms with Crippen LogP contribution in [-0.4, -0.2) is 4.57 Å². The third-order valence-electron chi connectivity index (χ3n) is 11.2. The lowest BCUT2D eigenvalue weighted by atomic mass is 9.82. The number of hydrogen-bond acceptors (Lipinski definition) is 0. The SMILES string of the molecule is Cc1ccc(-n2c3ccccc3c3cc(-c4ccc5c6c(cccc46)-c4c-5c(-c5ccccc5)c5ccccc5c4-c4ccccc4)ccc32)cc1. The molecule has 0 saturated carbocycles. The first-order valence-corrected chi connectivity index (χ1v) is 18.1. The van der Waals surface area contributed by atoms with Crippen molar-refractivity contribution >= 4 is 43.4 Å². The predicted molar refractivity (Wildman–Crippen MR) is 221 cm³/mol. The molecule has 10 aromatic rings. The highest BCUT2D eigenvalue weighted by atomic mass is 15.0. The molecule has 0 bridgehead atoms. The number of benzene rings is 9. The van der Waals surface area contributed by atoms with Crippen LogP contribution < -0.4 is 0 Å². The predicted octanol–water partition coefficient (Wildman–Crippen LogP) is 14.0. The molecule has 0 spiro atoms. The van der Waals surface area contributed by atoms with E-state index in [9.17, 15) is 0 Å². The molecule has 0 saturated heterocycles. The Hall–Kier alpha value is -6.70. The Kier molecular flexibility index (Phi) is 6.23. The molecule has 1 aliphatic rings. The van der Waals surface area contributed by atoms with Gasteiger partial charge in [-0.2, -0.15) is 0 Å². The summed E-state index contributed by atoms with van der Waals surface area (Å²) in [5.41, 5.74) is 17.8. The van der Waals surface area contributed by atoms with Gasteiger partial charge in [0.1, 0.15) is 0 Å². The van der Waals surface area contributed by atoms with Crippen molar-refractivity contribution in [3.05, 3.63) is 188 Å². The van der Waals surface area contributed by atoms with E-state index in [1.54, 1.807) is 0 Å². The van der Waals surface area contributed by atoms with Gasteiger partial charge in [-0.3, -0.25) is 0 Å². The van der Waals surface area contributed by atoms with E-state index in [0.29, 0.717) is 0 Å². The van der Waals surface area contributed by atoms with Gasteiger partial charge in [-0.1, -0.05) is 157 Å². The summed E-state index contributed by atoms with van der Waals surface area (Å²) in [6.45, 7) is 2.14. The highest BCUT2D eigenvalue weighted by Crippen LogP contribution is 2.58. The van der Waals surface area contributed by atoms with Gasteiger partial charge >= 0.3 is 0 Å². The van der Waals surface area contributed by atoms with E-state index in [2.05, 4.69) is 193 Å². The van der Waals surface area contributed by atoms with Crippen LogP contribution in [0, 0.1) is 6.92 Å². The van der Waals surface area contributed by atoms with Gasteiger partial charge in [-0.05, 0) is 114 Å². The molecule has 52 heavy (non-hydrogen) atoms. The number of aryl methyl sites for hydroxylation is 1. The fourth-order valence-corrected chi connectivity index (χ4v) is 8.97. The number of aromatic nitrogens is 1. The van der Waals surface area contributed by atoms with Crippen LogP contribution >= 0.6 is 0 Å². The average molecular weight is 660 g/mol. The van der Waals surface area contributed by atoms with Crippen molar-refractivity contribution in [2.45, 2.75) is 6.92 Å². The third kappa shape index (κ3) is 4.11. The van der Waals surface area contributed by atoms with E-state index in [-0.39, 0.29) is 0 Å². The van der Waals surface area contributed by atoms with Gasteiger partial charge in [0.2, 0.25) is 0 Å². The molecule has 1 heteroatoms. The molecular formula is C51H33N. The van der Waals surface area contributed by atoms with Crippen molar-refractivity contribution in [1.82, 2.24) is 4.57 Å². The first-order chi connectivity index (χ1) is 25.7. The zero-order chi connectivity index (χ0) is 34.3. The maximum absolute atomic E-state index is 2.41. The van der Waals surface area contributed by atoms with Gasteiger partial charge < -0.3 is 4.57 Å². The summed E-state index contributed by atoms with van der Waals surface area (Å²) in [6, 6.07) is 67.3. The van der Waals surface area contributed by atoms with Crippen molar-refractivity contribution in [3.63, 3.8) is 0 Å². The van der Waals surface area contributed by atoms with Crippen molar-refractivity contribution in [2.75, 3.05) is 0 Å². The van der Waals surface area contributed by atoms with Crippen LogP contribution in [0.2, 0.25) is 0 Å². The smallest absolute Gasteiger partial charge is 0.0541 e. The van der Waals surface area contributed by atoms with Gasteiger partial charge in [0.05, 0.1) is 11.0 Å². The Labute approximate surface area is 302 Å². The maximum Gasteiger partial charge on any atom is 0.0541 e. The molecule has 11 rings (SSSR count). The molecule has 0 radical (unpaired) electrons. The molecule has 0 aliphatic heterocycles. The molecule has 0 fully saturated rings. The quantitative estimate of drug-likeness (QED) is 0.177. The third-order valence-corrected chi connectivity index (χ3v) is 11.2. The topological polar surface area (TPSA) is 4.93 Å². The minimum Gasteiger partial charge on any atom is -0.309 e. The molecule has 0 atom stereocenters. The lowest BCUT2D eigenvalue weighted by Crippen LogP contribution is -1.93. The lowest BCUT2D eigenvalue weighted by Gasteiger charge is -2.20. The minimum atomic E-state index is 1.18. The van der Waals surface area contributed by atoms with Crippen LogP contribution in [0.1, 0.15) is 5.56 Å². The van der Waals surface area contributed by atoms with Crippen LogP contribution in [0.4, 0.5) is 0 Å². The fraction of sp³-hybridized carbons (Fsp3) is 0.0196. The number of rotatable bonds is 4. The van der Waals surface area contributed by atoms with Crippen LogP contribution in [0.15, 0.2) is 182 Å². The van der Waals surface area contributed by atoms with Crippen LogP contribution in [0.25, 0.3) is 105 Å². The van der Waals surface area contributed by atoms with E-state index in [4.69, 9.17) is 0 Å². The Morgan fingerprint density at radius 1 is 0.327 bits per heavy atom. The molecule has 1 aliphatic carbocycles. The summed E-state index contributed by atoms with van der Waals surface area (Å²) in [5, 5.41) is 7.73. The average Bonchev–Trinajstić information content (AvgIpc) is 3.71. The number of para-hydroxylation sites is 1. The van der Waals surface area contributed by atoms with Gasteiger partial charge in [0.15, 0.2) is 0 Å². The molecule has 0 N–H and O–H groups in total. The Morgan fingerprint density at radius 2 is 0.865 bits per heavy atom. The van der Waals surface area contributed by atoms with Gasteiger partial charge in [0, 0.05) is 16.5 Å². The molecule has 242 valence electrons. The van der Waals surface area contributed by atoms with E-state index in [1.165, 1.54) is 110 Å². The molecule has 0 amide bonds. The largest absolute Gasteiger partial charge is 0.309 e. The zero-order valence-electron chi connectivity index (χ0n) is 28.8. The van der Waals surface area contributed by atoms with Crippen molar-refractivity contribution in [2.24, 2.45) is 0 Å². The Bertz CT molecular complexity index is 2950. The fourth-order valence-electron chi connectivity index (χ4n) is 8.97. The van der Waals surface area contributed by atoms with Gasteiger partial charge in [-0.15, -0.1) is 0 Å². The lowest BCUT2D eigenvalue weighted by molar-refractivity contribution is 1.17. The van der Waals surface area contributed by atoms with E-state index < -0.39 is 0 Å². The summed E-state index contributed by atoms with van der Waals surface area (Å²) in [5.74, 6) is 0. The second-order valence-electron chi connectivity index (χ2n) is 14.1. The highest BCUT2D eigenvalue weighted by molar-refractivity contribution is 6.29. The highest BCUT2D eigenvalue weighted by Gasteiger charge is 2.31. The summed E-state index contributed by atoms with van der Waals surface area (Å²) in [4.78, 5) is 0. The normalized spacial score (nSPS) is 11.9. The first-order valence-electron chi connectivity index (χ1n) is 18.1. The van der Waals surface area contributed by atoms with E-state index >= 15 is 0 Å². The standard InChI is InChI=1S/C51H33N/c1-32-23-26-36(27-24-32)52-45-22-11-10-17-38(45)44-31-35(25-30-46(44)52)37-28-29-43-49-39(37)20-12-21-42(49)50-47(33-13-4-2-5-14-33)40-18-8-9-19-41(40)48(51(43)50)34-15-6-3-7-16-34/h2-31H,1H3. The van der Waals surface area contributed by atoms with Crippen molar-refractivity contribution < 1.29 is 0 Å². The molecule has 1 nitrogen and oxygen atoms in total. The zero-order valence-corrected chi connectivity index (χ0v) is 28.8. The molecular weight excluding hydrogens is 627 g/mol. The molecule has 9 aromatic carbocycles. The first kappa shape index (κ1) is 29.1. The Balaban J connectivity index is 1.20. The van der Waals surface area contributed by atoms with Gasteiger partial charge in [-0.25, -0.2) is 0 Å². The maximum atomic E-state index is 2.41. The second kappa shape index (κ2) is 11.2. The summed E-state index contributed by atoms with van der Waals surface area (Å²) in [7, 11) is 0. The summed E-state index contributed by atoms with van der Waals surface area (Å²) in [6.07, 6.45) is 0. The molecule has 1 aromatic heterocycles. The second-order valence-corrected chi connectivity index (χ2v) is 14.1.